The van der Waals surface area contributed by atoms with Crippen molar-refractivity contribution in [2.24, 2.45) is 17.3 Å². The lowest BCUT2D eigenvalue weighted by molar-refractivity contribution is -0.310. The number of aromatic nitrogens is 2. The number of hydrogen-bond donors (Lipinski definition) is 1. The second kappa shape index (κ2) is 7.52. The van der Waals surface area contributed by atoms with Crippen LogP contribution in [0.1, 0.15) is 50.5 Å². The molecule has 164 valence electrons. The molecule has 4 aliphatic carbocycles. The van der Waals surface area contributed by atoms with Crippen LogP contribution >= 0.6 is 23.2 Å². The molecule has 0 radical (unpaired) electrons. The highest BCUT2D eigenvalue weighted by molar-refractivity contribution is 6.33. The zero-order valence-corrected chi connectivity index (χ0v) is 18.6. The first-order chi connectivity index (χ1) is 14.8. The second-order valence-corrected chi connectivity index (χ2v) is 10.6. The third kappa shape index (κ3) is 3.64. The van der Waals surface area contributed by atoms with E-state index in [9.17, 15) is 14.7 Å². The summed E-state index contributed by atoms with van der Waals surface area (Å²) < 4.78 is 1.55. The summed E-state index contributed by atoms with van der Waals surface area (Å²) in [5.74, 6) is -0.160. The van der Waals surface area contributed by atoms with Gasteiger partial charge in [0.1, 0.15) is 5.02 Å². The normalized spacial score (nSPS) is 31.0. The predicted octanol–water partition coefficient (Wildman–Crippen LogP) is 3.60. The number of nitrogens with one attached hydrogen (secondary N) is 1. The third-order valence-corrected chi connectivity index (χ3v) is 8.20. The number of aliphatic carboxylic acids is 1. The van der Waals surface area contributed by atoms with Gasteiger partial charge < -0.3 is 15.2 Å². The first kappa shape index (κ1) is 20.8. The summed E-state index contributed by atoms with van der Waals surface area (Å²) in [6, 6.07) is 7.48. The lowest BCUT2D eigenvalue weighted by atomic mass is 9.46. The van der Waals surface area contributed by atoms with Crippen molar-refractivity contribution < 1.29 is 9.90 Å². The first-order valence-electron chi connectivity index (χ1n) is 10.7. The lowest BCUT2D eigenvalue weighted by Gasteiger charge is -2.62. The molecule has 1 aromatic heterocycles. The largest absolute Gasteiger partial charge is 0.550 e. The highest BCUT2D eigenvalue weighted by atomic mass is 35.5. The van der Waals surface area contributed by atoms with Gasteiger partial charge in [0.25, 0.3) is 5.56 Å². The molecular weight excluding hydrogens is 437 g/mol. The van der Waals surface area contributed by atoms with Crippen molar-refractivity contribution in [3.63, 3.8) is 0 Å². The van der Waals surface area contributed by atoms with E-state index in [1.54, 1.807) is 10.9 Å². The maximum Gasteiger partial charge on any atom is 0.288 e. The molecule has 1 heterocycles. The monoisotopic (exact) mass is 460 g/mol. The molecule has 4 atom stereocenters. The molecule has 0 saturated heterocycles. The molecule has 2 unspecified atom stereocenters. The van der Waals surface area contributed by atoms with Crippen LogP contribution in [-0.2, 0) is 16.9 Å². The van der Waals surface area contributed by atoms with Gasteiger partial charge in [-0.1, -0.05) is 41.4 Å². The Labute approximate surface area is 190 Å². The Morgan fingerprint density at radius 2 is 1.90 bits per heavy atom. The van der Waals surface area contributed by atoms with Crippen LogP contribution in [0.2, 0.25) is 10.0 Å². The van der Waals surface area contributed by atoms with E-state index in [-0.39, 0.29) is 22.4 Å². The Morgan fingerprint density at radius 3 is 2.58 bits per heavy atom. The Bertz CT molecular complexity index is 1090. The van der Waals surface area contributed by atoms with Crippen LogP contribution < -0.4 is 16.0 Å². The van der Waals surface area contributed by atoms with Crippen molar-refractivity contribution in [1.82, 2.24) is 9.78 Å². The quantitative estimate of drug-likeness (QED) is 0.711. The molecule has 4 bridgehead atoms. The van der Waals surface area contributed by atoms with Crippen molar-refractivity contribution >= 4 is 34.9 Å². The number of carboxylic acids is 1. The maximum atomic E-state index is 13.3. The molecule has 4 aliphatic rings. The van der Waals surface area contributed by atoms with Crippen molar-refractivity contribution in [2.45, 2.75) is 57.0 Å². The fraction of sp³-hybridized carbons (Fsp3) is 0.522. The van der Waals surface area contributed by atoms with Crippen LogP contribution in [0, 0.1) is 17.3 Å². The van der Waals surface area contributed by atoms with E-state index in [1.165, 1.54) is 0 Å². The van der Waals surface area contributed by atoms with Crippen LogP contribution in [0.15, 0.2) is 35.3 Å². The number of anilines is 1. The summed E-state index contributed by atoms with van der Waals surface area (Å²) in [6.07, 6.45) is 6.93. The Hall–Kier alpha value is -2.05. The molecule has 1 N–H and O–H groups in total. The molecule has 4 fully saturated rings. The molecule has 0 aliphatic heterocycles. The standard InChI is InChI=1S/C23H25Cl2N3O3/c24-17-4-2-1-3-16(17)11-26-18-12-27-28(21(31)20(18)25)23-8-14-5-15(9-23)7-22(6-14,13-23)10-19(29)30/h1-4,12,14-15,26H,5-11,13H2,(H,29,30)/p-1/t14-,15+,22?,23?. The van der Waals surface area contributed by atoms with Gasteiger partial charge in [0.05, 0.1) is 17.4 Å². The SMILES string of the molecule is O=C([O-])CC12C[C@H]3C[C@@H](C1)CC(n1ncc(NCc4ccccc4Cl)c(Cl)c1=O)(C3)C2. The number of carboxylic acid groups (broad SMARTS) is 1. The molecule has 6 rings (SSSR count). The maximum absolute atomic E-state index is 13.3. The second-order valence-electron chi connectivity index (χ2n) is 9.77. The minimum absolute atomic E-state index is 0.0572. The Balaban J connectivity index is 1.44. The third-order valence-electron chi connectivity index (χ3n) is 7.47. The number of rotatable bonds is 6. The fourth-order valence-corrected chi connectivity index (χ4v) is 7.29. The van der Waals surface area contributed by atoms with Gasteiger partial charge in [-0.05, 0) is 73.8 Å². The summed E-state index contributed by atoms with van der Waals surface area (Å²) in [6.45, 7) is 0.425. The fourth-order valence-electron chi connectivity index (χ4n) is 6.89. The van der Waals surface area contributed by atoms with E-state index >= 15 is 0 Å². The van der Waals surface area contributed by atoms with Gasteiger partial charge in [-0.2, -0.15) is 5.10 Å². The van der Waals surface area contributed by atoms with Gasteiger partial charge in [0, 0.05) is 17.5 Å². The molecular formula is C23H24Cl2N3O3-. The average Bonchev–Trinajstić information content (AvgIpc) is 2.68. The molecule has 1 aromatic carbocycles. The van der Waals surface area contributed by atoms with Crippen LogP contribution in [-0.4, -0.2) is 15.7 Å². The zero-order chi connectivity index (χ0) is 21.8. The first-order valence-corrected chi connectivity index (χ1v) is 11.5. The van der Waals surface area contributed by atoms with Crippen molar-refractivity contribution in [3.8, 4) is 0 Å². The highest BCUT2D eigenvalue weighted by Gasteiger charge is 2.59. The molecule has 31 heavy (non-hydrogen) atoms. The number of hydrogen-bond acceptors (Lipinski definition) is 5. The van der Waals surface area contributed by atoms with Crippen LogP contribution in [0.25, 0.3) is 0 Å². The van der Waals surface area contributed by atoms with Crippen molar-refractivity contribution in [2.75, 3.05) is 5.32 Å². The van der Waals surface area contributed by atoms with Gasteiger partial charge in [0.2, 0.25) is 0 Å². The highest BCUT2D eigenvalue weighted by Crippen LogP contribution is 2.64. The molecule has 4 saturated carbocycles. The molecule has 2 aromatic rings. The molecule has 0 amide bonds. The van der Waals surface area contributed by atoms with E-state index < -0.39 is 11.5 Å². The van der Waals surface area contributed by atoms with E-state index in [0.717, 1.165) is 37.7 Å². The van der Waals surface area contributed by atoms with Gasteiger partial charge in [0.15, 0.2) is 0 Å². The number of carbonyl (C=O) groups is 1. The molecule has 0 spiro atoms. The topological polar surface area (TPSA) is 87.0 Å². The summed E-state index contributed by atoms with van der Waals surface area (Å²) in [7, 11) is 0. The summed E-state index contributed by atoms with van der Waals surface area (Å²) in [5.41, 5.74) is 0.294. The van der Waals surface area contributed by atoms with Crippen molar-refractivity contribution in [3.05, 3.63) is 56.4 Å². The number of benzene rings is 1. The predicted molar refractivity (Wildman–Crippen MR) is 117 cm³/mol. The van der Waals surface area contributed by atoms with Crippen LogP contribution in [0.5, 0.6) is 0 Å². The Kier molecular flexibility index (Phi) is 5.05. The van der Waals surface area contributed by atoms with E-state index in [1.807, 2.05) is 24.3 Å². The van der Waals surface area contributed by atoms with Gasteiger partial charge >= 0.3 is 0 Å². The molecule has 8 heteroatoms. The Morgan fingerprint density at radius 1 is 1.19 bits per heavy atom. The minimum Gasteiger partial charge on any atom is -0.550 e. The number of nitrogens with zero attached hydrogens (tertiary/aromatic N) is 2. The lowest BCUT2D eigenvalue weighted by Crippen LogP contribution is -2.60. The molecule has 6 nitrogen and oxygen atoms in total. The number of halogens is 2. The summed E-state index contributed by atoms with van der Waals surface area (Å²) in [5, 5.41) is 19.9. The van der Waals surface area contributed by atoms with Crippen molar-refractivity contribution in [1.29, 1.82) is 0 Å². The van der Waals surface area contributed by atoms with Crippen LogP contribution in [0.3, 0.4) is 0 Å². The van der Waals surface area contributed by atoms with Gasteiger partial charge in [-0.15, -0.1) is 0 Å². The van der Waals surface area contributed by atoms with Gasteiger partial charge in [-0.3, -0.25) is 4.79 Å². The van der Waals surface area contributed by atoms with E-state index in [2.05, 4.69) is 10.4 Å². The van der Waals surface area contributed by atoms with Crippen LogP contribution in [0.4, 0.5) is 5.69 Å². The zero-order valence-electron chi connectivity index (χ0n) is 17.1. The average molecular weight is 461 g/mol. The van der Waals surface area contributed by atoms with E-state index in [4.69, 9.17) is 23.2 Å². The summed E-state index contributed by atoms with van der Waals surface area (Å²) in [4.78, 5) is 24.8. The minimum atomic E-state index is -1.01. The number of carbonyl (C=O) groups excluding carboxylic acids is 1. The van der Waals surface area contributed by atoms with Gasteiger partial charge in [-0.25, -0.2) is 4.68 Å². The van der Waals surface area contributed by atoms with E-state index in [0.29, 0.717) is 35.5 Å². The summed E-state index contributed by atoms with van der Waals surface area (Å²) >= 11 is 12.7. The smallest absolute Gasteiger partial charge is 0.288 e.